The molecule has 1 saturated carbocycles. The molecule has 0 amide bonds. The van der Waals surface area contributed by atoms with E-state index in [-0.39, 0.29) is 17.8 Å². The van der Waals surface area contributed by atoms with Gasteiger partial charge in [-0.05, 0) is 37.8 Å². The molecule has 110 valence electrons. The second-order valence-electron chi connectivity index (χ2n) is 5.38. The van der Waals surface area contributed by atoms with Gasteiger partial charge < -0.3 is 9.15 Å². The number of ether oxygens (including phenoxy) is 1. The Morgan fingerprint density at radius 1 is 1.14 bits per heavy atom. The van der Waals surface area contributed by atoms with Crippen LogP contribution in [0.3, 0.4) is 0 Å². The van der Waals surface area contributed by atoms with Crippen LogP contribution in [-0.4, -0.2) is 23.3 Å². The van der Waals surface area contributed by atoms with Crippen molar-refractivity contribution >= 4 is 5.97 Å². The Bertz CT molecular complexity index is 601. The number of hydrogen-bond donors (Lipinski definition) is 0. The van der Waals surface area contributed by atoms with Crippen molar-refractivity contribution in [2.75, 3.05) is 7.11 Å². The van der Waals surface area contributed by atoms with Crippen LogP contribution in [0.5, 0.6) is 0 Å². The Morgan fingerprint density at radius 2 is 1.86 bits per heavy atom. The van der Waals surface area contributed by atoms with Gasteiger partial charge in [0.2, 0.25) is 11.8 Å². The van der Waals surface area contributed by atoms with Crippen molar-refractivity contribution in [3.05, 3.63) is 36.2 Å². The van der Waals surface area contributed by atoms with Crippen molar-refractivity contribution in [2.45, 2.75) is 31.6 Å². The van der Waals surface area contributed by atoms with Crippen LogP contribution in [-0.2, 0) is 9.53 Å². The summed E-state index contributed by atoms with van der Waals surface area (Å²) in [5.74, 6) is 1.39. The minimum absolute atomic E-state index is 0.0164. The van der Waals surface area contributed by atoms with E-state index in [0.717, 1.165) is 31.2 Å². The van der Waals surface area contributed by atoms with E-state index in [1.807, 2.05) is 30.3 Å². The van der Waals surface area contributed by atoms with Gasteiger partial charge >= 0.3 is 5.97 Å². The molecule has 0 atom stereocenters. The van der Waals surface area contributed by atoms with Crippen LogP contribution >= 0.6 is 0 Å². The summed E-state index contributed by atoms with van der Waals surface area (Å²) in [6.07, 6.45) is 3.41. The quantitative estimate of drug-likeness (QED) is 0.811. The number of nitrogens with zero attached hydrogens (tertiary/aromatic N) is 2. The van der Waals surface area contributed by atoms with Crippen molar-refractivity contribution < 1.29 is 13.9 Å². The number of carbonyl (C=O) groups excluding carboxylic acids is 1. The number of carbonyl (C=O) groups is 1. The lowest BCUT2D eigenvalue weighted by Gasteiger charge is -2.24. The third kappa shape index (κ3) is 2.96. The van der Waals surface area contributed by atoms with Gasteiger partial charge in [-0.2, -0.15) is 0 Å². The predicted octanol–water partition coefficient (Wildman–Crippen LogP) is 3.18. The monoisotopic (exact) mass is 286 g/mol. The molecule has 0 aliphatic heterocycles. The molecule has 2 aromatic rings. The lowest BCUT2D eigenvalue weighted by molar-refractivity contribution is -0.146. The van der Waals surface area contributed by atoms with E-state index in [4.69, 9.17) is 9.15 Å². The number of aromatic nitrogens is 2. The molecule has 0 bridgehead atoms. The minimum Gasteiger partial charge on any atom is -0.469 e. The van der Waals surface area contributed by atoms with Crippen LogP contribution in [0, 0.1) is 5.92 Å². The van der Waals surface area contributed by atoms with E-state index >= 15 is 0 Å². The molecule has 1 aromatic heterocycles. The van der Waals surface area contributed by atoms with Gasteiger partial charge in [-0.3, -0.25) is 4.79 Å². The lowest BCUT2D eigenvalue weighted by atomic mass is 9.82. The smallest absolute Gasteiger partial charge is 0.308 e. The number of hydrogen-bond acceptors (Lipinski definition) is 5. The maximum absolute atomic E-state index is 11.5. The van der Waals surface area contributed by atoms with E-state index in [2.05, 4.69) is 10.2 Å². The molecule has 1 aromatic carbocycles. The first kappa shape index (κ1) is 13.8. The first-order chi connectivity index (χ1) is 10.3. The molecule has 0 N–H and O–H groups in total. The topological polar surface area (TPSA) is 65.2 Å². The largest absolute Gasteiger partial charge is 0.469 e. The van der Waals surface area contributed by atoms with E-state index in [1.165, 1.54) is 7.11 Å². The van der Waals surface area contributed by atoms with Crippen LogP contribution < -0.4 is 0 Å². The fourth-order valence-electron chi connectivity index (χ4n) is 2.84. The normalized spacial score (nSPS) is 22.0. The molecule has 21 heavy (non-hydrogen) atoms. The predicted molar refractivity (Wildman–Crippen MR) is 76.4 cm³/mol. The SMILES string of the molecule is COC(=O)C1CCC(c2nnc(-c3ccccc3)o2)CC1. The highest BCUT2D eigenvalue weighted by atomic mass is 16.5. The summed E-state index contributed by atoms with van der Waals surface area (Å²) in [5.41, 5.74) is 0.930. The highest BCUT2D eigenvalue weighted by Crippen LogP contribution is 2.36. The van der Waals surface area contributed by atoms with Gasteiger partial charge in [-0.1, -0.05) is 18.2 Å². The standard InChI is InChI=1S/C16H18N2O3/c1-20-16(19)13-9-7-12(8-10-13)15-18-17-14(21-15)11-5-3-2-4-6-11/h2-6,12-13H,7-10H2,1H3. The van der Waals surface area contributed by atoms with Crippen LogP contribution in [0.4, 0.5) is 0 Å². The zero-order valence-corrected chi connectivity index (χ0v) is 12.0. The molecule has 5 heteroatoms. The Hall–Kier alpha value is -2.17. The average Bonchev–Trinajstić information content (AvgIpc) is 3.05. The molecule has 5 nitrogen and oxygen atoms in total. The maximum atomic E-state index is 11.5. The van der Waals surface area contributed by atoms with Crippen molar-refractivity contribution in [3.63, 3.8) is 0 Å². The van der Waals surface area contributed by atoms with Gasteiger partial charge in [0.25, 0.3) is 0 Å². The number of methoxy groups -OCH3 is 1. The summed E-state index contributed by atoms with van der Waals surface area (Å²) < 4.78 is 10.6. The second-order valence-corrected chi connectivity index (χ2v) is 5.38. The summed E-state index contributed by atoms with van der Waals surface area (Å²) >= 11 is 0. The van der Waals surface area contributed by atoms with Gasteiger partial charge in [0, 0.05) is 11.5 Å². The van der Waals surface area contributed by atoms with E-state index in [9.17, 15) is 4.79 Å². The molecule has 0 radical (unpaired) electrons. The first-order valence-electron chi connectivity index (χ1n) is 7.24. The van der Waals surface area contributed by atoms with Gasteiger partial charge in [0.15, 0.2) is 0 Å². The fraction of sp³-hybridized carbons (Fsp3) is 0.438. The molecular formula is C16H18N2O3. The first-order valence-corrected chi connectivity index (χ1v) is 7.24. The fourth-order valence-corrected chi connectivity index (χ4v) is 2.84. The molecular weight excluding hydrogens is 268 g/mol. The molecule has 0 spiro atoms. The summed E-state index contributed by atoms with van der Waals surface area (Å²) in [5, 5.41) is 8.30. The molecule has 1 aliphatic carbocycles. The minimum atomic E-state index is -0.107. The van der Waals surface area contributed by atoms with Crippen LogP contribution in [0.25, 0.3) is 11.5 Å². The zero-order valence-electron chi connectivity index (χ0n) is 12.0. The lowest BCUT2D eigenvalue weighted by Crippen LogP contribution is -2.22. The Kier molecular flexibility index (Phi) is 3.99. The van der Waals surface area contributed by atoms with Crippen molar-refractivity contribution in [1.82, 2.24) is 10.2 Å². The van der Waals surface area contributed by atoms with Gasteiger partial charge in [0.05, 0.1) is 13.0 Å². The molecule has 3 rings (SSSR count). The molecule has 1 heterocycles. The van der Waals surface area contributed by atoms with Crippen molar-refractivity contribution in [1.29, 1.82) is 0 Å². The summed E-state index contributed by atoms with van der Waals surface area (Å²) in [4.78, 5) is 11.5. The third-order valence-corrected chi connectivity index (χ3v) is 4.07. The Balaban J connectivity index is 1.67. The molecule has 1 aliphatic rings. The van der Waals surface area contributed by atoms with Gasteiger partial charge in [-0.15, -0.1) is 10.2 Å². The highest BCUT2D eigenvalue weighted by molar-refractivity contribution is 5.72. The summed E-state index contributed by atoms with van der Waals surface area (Å²) in [7, 11) is 1.44. The summed E-state index contributed by atoms with van der Waals surface area (Å²) in [6.45, 7) is 0. The second kappa shape index (κ2) is 6.08. The Labute approximate surface area is 123 Å². The average molecular weight is 286 g/mol. The van der Waals surface area contributed by atoms with Crippen LogP contribution in [0.1, 0.15) is 37.5 Å². The van der Waals surface area contributed by atoms with E-state index < -0.39 is 0 Å². The molecule has 0 saturated heterocycles. The van der Waals surface area contributed by atoms with E-state index in [0.29, 0.717) is 11.8 Å². The van der Waals surface area contributed by atoms with Gasteiger partial charge in [0.1, 0.15) is 0 Å². The Morgan fingerprint density at radius 3 is 2.52 bits per heavy atom. The third-order valence-electron chi connectivity index (χ3n) is 4.07. The molecule has 1 fully saturated rings. The maximum Gasteiger partial charge on any atom is 0.308 e. The van der Waals surface area contributed by atoms with Crippen LogP contribution in [0.2, 0.25) is 0 Å². The number of benzene rings is 1. The van der Waals surface area contributed by atoms with Gasteiger partial charge in [-0.25, -0.2) is 0 Å². The number of esters is 1. The van der Waals surface area contributed by atoms with Crippen molar-refractivity contribution in [2.24, 2.45) is 5.92 Å². The van der Waals surface area contributed by atoms with E-state index in [1.54, 1.807) is 0 Å². The molecule has 0 unspecified atom stereocenters. The highest BCUT2D eigenvalue weighted by Gasteiger charge is 2.30. The van der Waals surface area contributed by atoms with Crippen LogP contribution in [0.15, 0.2) is 34.7 Å². The zero-order chi connectivity index (χ0) is 14.7. The van der Waals surface area contributed by atoms with Crippen molar-refractivity contribution in [3.8, 4) is 11.5 Å². The number of rotatable bonds is 3. The summed E-state index contributed by atoms with van der Waals surface area (Å²) in [6, 6.07) is 9.74.